The Morgan fingerprint density at radius 1 is 1.33 bits per heavy atom. The van der Waals surface area contributed by atoms with Crippen LogP contribution < -0.4 is 5.73 Å². The predicted molar refractivity (Wildman–Crippen MR) is 96.2 cm³/mol. The molecular weight excluding hydrogens is 366 g/mol. The van der Waals surface area contributed by atoms with Crippen LogP contribution in [0.3, 0.4) is 0 Å². The highest BCUT2D eigenvalue weighted by molar-refractivity contribution is 9.10. The summed E-state index contributed by atoms with van der Waals surface area (Å²) in [6.07, 6.45) is 3.64. The van der Waals surface area contributed by atoms with Gasteiger partial charge in [-0.1, -0.05) is 47.8 Å². The molecule has 2 N–H and O–H groups in total. The van der Waals surface area contributed by atoms with E-state index in [1.54, 1.807) is 18.0 Å². The van der Waals surface area contributed by atoms with Gasteiger partial charge in [-0.2, -0.15) is 0 Å². The third-order valence-electron chi connectivity index (χ3n) is 2.31. The Balaban J connectivity index is 2.29. The average Bonchev–Trinajstić information content (AvgIpc) is 2.49. The van der Waals surface area contributed by atoms with Crippen LogP contribution in [0.5, 0.6) is 0 Å². The van der Waals surface area contributed by atoms with Gasteiger partial charge in [0.2, 0.25) is 0 Å². The van der Waals surface area contributed by atoms with Crippen LogP contribution in [0.2, 0.25) is 0 Å². The highest BCUT2D eigenvalue weighted by Gasteiger charge is 2.07. The molecule has 21 heavy (non-hydrogen) atoms. The molecule has 0 amide bonds. The van der Waals surface area contributed by atoms with Gasteiger partial charge in [0.05, 0.1) is 4.90 Å². The average molecular weight is 380 g/mol. The van der Waals surface area contributed by atoms with Crippen LogP contribution in [0.15, 0.2) is 73.3 Å². The van der Waals surface area contributed by atoms with Crippen molar-refractivity contribution in [3.05, 3.63) is 58.6 Å². The number of nitrogens with zero attached hydrogens (tertiary/aromatic N) is 2. The van der Waals surface area contributed by atoms with Crippen molar-refractivity contribution in [2.75, 3.05) is 0 Å². The molecule has 0 saturated carbocycles. The zero-order chi connectivity index (χ0) is 15.1. The minimum Gasteiger partial charge on any atom is -0.378 e. The lowest BCUT2D eigenvalue weighted by atomic mass is 10.4. The molecule has 3 nitrogen and oxygen atoms in total. The van der Waals surface area contributed by atoms with Crippen LogP contribution in [0.1, 0.15) is 6.92 Å². The molecule has 6 heteroatoms. The van der Waals surface area contributed by atoms with E-state index >= 15 is 0 Å². The second-order valence-electron chi connectivity index (χ2n) is 3.93. The molecule has 0 bridgehead atoms. The number of aromatic nitrogens is 1. The summed E-state index contributed by atoms with van der Waals surface area (Å²) in [5, 5.41) is 2.36. The van der Waals surface area contributed by atoms with E-state index in [1.807, 2.05) is 42.7 Å². The molecule has 2 aromatic rings. The van der Waals surface area contributed by atoms with Crippen molar-refractivity contribution >= 4 is 50.4 Å². The van der Waals surface area contributed by atoms with Gasteiger partial charge in [-0.05, 0) is 46.5 Å². The van der Waals surface area contributed by atoms with E-state index in [2.05, 4.69) is 38.0 Å². The topological polar surface area (TPSA) is 51.3 Å². The van der Waals surface area contributed by atoms with Gasteiger partial charge in [0, 0.05) is 15.6 Å². The Hall–Kier alpha value is -1.24. The first-order chi connectivity index (χ1) is 10.2. The molecule has 1 heterocycles. The van der Waals surface area contributed by atoms with Crippen molar-refractivity contribution in [3.63, 3.8) is 0 Å². The Labute approximate surface area is 141 Å². The highest BCUT2D eigenvalue weighted by atomic mass is 79.9. The predicted octanol–water partition coefficient (Wildman–Crippen LogP) is 5.21. The van der Waals surface area contributed by atoms with Gasteiger partial charge in [0.15, 0.2) is 11.0 Å². The number of nitrogens with two attached hydrogens (primary N) is 1. The number of thioether (sulfide) groups is 1. The molecule has 108 valence electrons. The van der Waals surface area contributed by atoms with E-state index in [9.17, 15) is 0 Å². The summed E-state index contributed by atoms with van der Waals surface area (Å²) in [7, 11) is 0. The van der Waals surface area contributed by atoms with Gasteiger partial charge < -0.3 is 5.73 Å². The fourth-order valence-electron chi connectivity index (χ4n) is 1.46. The van der Waals surface area contributed by atoms with Crippen LogP contribution in [-0.4, -0.2) is 10.2 Å². The van der Waals surface area contributed by atoms with E-state index in [0.29, 0.717) is 11.0 Å². The van der Waals surface area contributed by atoms with Gasteiger partial charge in [-0.15, -0.1) is 0 Å². The van der Waals surface area contributed by atoms with Crippen LogP contribution in [0.25, 0.3) is 0 Å². The molecule has 0 aliphatic heterocycles. The second kappa shape index (κ2) is 8.26. The minimum atomic E-state index is 0.470. The Kier molecular flexibility index (Phi) is 6.35. The lowest BCUT2D eigenvalue weighted by Crippen LogP contribution is -2.04. The quantitative estimate of drug-likeness (QED) is 0.585. The standard InChI is InChI=1S/C15H14BrN3S2/c1-2-8-20-15(17)19-14-13(9-11(16)10-18-14)21-12-6-4-3-5-7-12/h2-10H,1H3,(H2,17,18,19)/b8-2+. The summed E-state index contributed by atoms with van der Waals surface area (Å²) in [5.74, 6) is 0.626. The molecule has 0 spiro atoms. The number of hydrogen-bond donors (Lipinski definition) is 1. The minimum absolute atomic E-state index is 0.470. The maximum Gasteiger partial charge on any atom is 0.168 e. The summed E-state index contributed by atoms with van der Waals surface area (Å²) in [6.45, 7) is 1.94. The second-order valence-corrected chi connectivity index (χ2v) is 6.88. The molecule has 0 atom stereocenters. The van der Waals surface area contributed by atoms with E-state index in [0.717, 1.165) is 14.3 Å². The van der Waals surface area contributed by atoms with Crippen molar-refractivity contribution in [2.24, 2.45) is 10.7 Å². The first kappa shape index (κ1) is 16.1. The largest absolute Gasteiger partial charge is 0.378 e. The molecule has 0 saturated heterocycles. The maximum atomic E-state index is 5.89. The maximum absolute atomic E-state index is 5.89. The molecule has 1 aromatic heterocycles. The number of aliphatic imine (C=N–C) groups is 1. The molecule has 0 aliphatic carbocycles. The molecule has 2 rings (SSSR count). The van der Waals surface area contributed by atoms with Gasteiger partial charge in [-0.25, -0.2) is 9.98 Å². The number of amidine groups is 1. The molecule has 0 radical (unpaired) electrons. The fourth-order valence-corrected chi connectivity index (χ4v) is 3.28. The lowest BCUT2D eigenvalue weighted by molar-refractivity contribution is 1.18. The monoisotopic (exact) mass is 379 g/mol. The van der Waals surface area contributed by atoms with Crippen LogP contribution in [0, 0.1) is 0 Å². The first-order valence-corrected chi connectivity index (χ1v) is 8.68. The summed E-state index contributed by atoms with van der Waals surface area (Å²) in [4.78, 5) is 10.8. The smallest absolute Gasteiger partial charge is 0.168 e. The van der Waals surface area contributed by atoms with Crippen molar-refractivity contribution in [2.45, 2.75) is 16.7 Å². The number of rotatable bonds is 4. The van der Waals surface area contributed by atoms with Crippen LogP contribution in [-0.2, 0) is 0 Å². The van der Waals surface area contributed by atoms with Gasteiger partial charge in [0.1, 0.15) is 0 Å². The van der Waals surface area contributed by atoms with Gasteiger partial charge >= 0.3 is 0 Å². The fraction of sp³-hybridized carbons (Fsp3) is 0.0667. The SMILES string of the molecule is C/C=C/S/C(N)=N\c1ncc(Br)cc1Sc1ccccc1. The number of pyridine rings is 1. The van der Waals surface area contributed by atoms with Gasteiger partial charge in [-0.3, -0.25) is 0 Å². The Bertz CT molecular complexity index is 657. The number of benzene rings is 1. The van der Waals surface area contributed by atoms with Crippen molar-refractivity contribution in [1.82, 2.24) is 4.98 Å². The number of hydrogen-bond acceptors (Lipinski definition) is 4. The number of allylic oxidation sites excluding steroid dienone is 1. The third-order valence-corrected chi connectivity index (χ3v) is 4.51. The van der Waals surface area contributed by atoms with E-state index in [1.165, 1.54) is 11.8 Å². The zero-order valence-corrected chi connectivity index (χ0v) is 14.6. The normalized spacial score (nSPS) is 12.0. The Morgan fingerprint density at radius 2 is 2.10 bits per heavy atom. The van der Waals surface area contributed by atoms with Crippen molar-refractivity contribution in [3.8, 4) is 0 Å². The number of halogens is 1. The molecule has 0 unspecified atom stereocenters. The van der Waals surface area contributed by atoms with Crippen LogP contribution >= 0.6 is 39.5 Å². The lowest BCUT2D eigenvalue weighted by Gasteiger charge is -2.06. The van der Waals surface area contributed by atoms with Gasteiger partial charge in [0.25, 0.3) is 0 Å². The zero-order valence-electron chi connectivity index (χ0n) is 11.4. The molecule has 1 aromatic carbocycles. The van der Waals surface area contributed by atoms with E-state index < -0.39 is 0 Å². The molecule has 0 aliphatic rings. The van der Waals surface area contributed by atoms with Crippen molar-refractivity contribution < 1.29 is 0 Å². The Morgan fingerprint density at radius 3 is 2.81 bits per heavy atom. The summed E-state index contributed by atoms with van der Waals surface area (Å²) >= 11 is 6.43. The summed E-state index contributed by atoms with van der Waals surface area (Å²) < 4.78 is 0.916. The van der Waals surface area contributed by atoms with E-state index in [-0.39, 0.29) is 0 Å². The third kappa shape index (κ3) is 5.22. The summed E-state index contributed by atoms with van der Waals surface area (Å²) in [6, 6.07) is 12.1. The van der Waals surface area contributed by atoms with E-state index in [4.69, 9.17) is 5.73 Å². The highest BCUT2D eigenvalue weighted by Crippen LogP contribution is 2.35. The first-order valence-electron chi connectivity index (χ1n) is 6.19. The summed E-state index contributed by atoms with van der Waals surface area (Å²) in [5.41, 5.74) is 5.89. The molecular formula is C15H14BrN3S2. The van der Waals surface area contributed by atoms with Crippen LogP contribution in [0.4, 0.5) is 5.82 Å². The molecule has 0 fully saturated rings. The van der Waals surface area contributed by atoms with Crippen molar-refractivity contribution in [1.29, 1.82) is 0 Å².